The molecule has 0 fully saturated rings. The average molecular weight is 356 g/mol. The van der Waals surface area contributed by atoms with E-state index in [-0.39, 0.29) is 18.5 Å². The van der Waals surface area contributed by atoms with Crippen molar-refractivity contribution in [1.29, 1.82) is 0 Å². The molecule has 1 atom stereocenters. The van der Waals surface area contributed by atoms with Crippen molar-refractivity contribution >= 4 is 12.4 Å². The third-order valence-electron chi connectivity index (χ3n) is 2.79. The van der Waals surface area contributed by atoms with Crippen LogP contribution in [0.2, 0.25) is 0 Å². The Morgan fingerprint density at radius 2 is 1.64 bits per heavy atom. The van der Waals surface area contributed by atoms with E-state index in [4.69, 9.17) is 5.73 Å². The van der Waals surface area contributed by atoms with Gasteiger partial charge in [-0.15, -0.1) is 12.4 Å². The topological polar surface area (TPSA) is 35.2 Å². The lowest BCUT2D eigenvalue weighted by Crippen LogP contribution is -2.21. The van der Waals surface area contributed by atoms with Gasteiger partial charge >= 0.3 is 12.4 Å². The van der Waals surface area contributed by atoms with Crippen molar-refractivity contribution in [3.63, 3.8) is 0 Å². The average Bonchev–Trinajstić information content (AvgIpc) is 2.35. The highest BCUT2D eigenvalue weighted by atomic mass is 35.5. The smallest absolute Gasteiger partial charge is 0.416 e. The second-order valence-electron chi connectivity index (χ2n) is 4.22. The Balaban J connectivity index is 0.00000441. The van der Waals surface area contributed by atoms with Gasteiger partial charge in [0.1, 0.15) is 5.75 Å². The van der Waals surface area contributed by atoms with Gasteiger partial charge in [-0.05, 0) is 18.6 Å². The minimum atomic E-state index is -5.07. The molecule has 0 bridgehead atoms. The van der Waals surface area contributed by atoms with Crippen molar-refractivity contribution in [1.82, 2.24) is 0 Å². The zero-order valence-electron chi connectivity index (χ0n) is 11.2. The van der Waals surface area contributed by atoms with Crippen LogP contribution in [0.15, 0.2) is 12.1 Å². The molecule has 0 aliphatic heterocycles. The van der Waals surface area contributed by atoms with Gasteiger partial charge in [-0.25, -0.2) is 0 Å². The first-order chi connectivity index (χ1) is 9.52. The van der Waals surface area contributed by atoms with Gasteiger partial charge in [-0.2, -0.15) is 26.3 Å². The summed E-state index contributed by atoms with van der Waals surface area (Å²) in [6.45, 7) is -1.01. The first kappa shape index (κ1) is 20.8. The first-order valence-electron chi connectivity index (χ1n) is 5.70. The Morgan fingerprint density at radius 1 is 1.09 bits per heavy atom. The summed E-state index contributed by atoms with van der Waals surface area (Å²) in [4.78, 5) is 0. The molecule has 0 saturated carbocycles. The van der Waals surface area contributed by atoms with Crippen LogP contribution in [0.4, 0.5) is 30.7 Å². The van der Waals surface area contributed by atoms with Gasteiger partial charge in [-0.1, -0.05) is 0 Å². The van der Waals surface area contributed by atoms with Crippen molar-refractivity contribution in [2.45, 2.75) is 24.8 Å². The molecular weight excluding hydrogens is 343 g/mol. The summed E-state index contributed by atoms with van der Waals surface area (Å²) in [5.41, 5.74) is 1.67. The molecule has 0 radical (unpaired) electrons. The molecule has 2 N–H and O–H groups in total. The summed E-state index contributed by atoms with van der Waals surface area (Å²) in [6.07, 6.45) is -10.5. The highest BCUT2D eigenvalue weighted by Crippen LogP contribution is 2.43. The lowest BCUT2D eigenvalue weighted by molar-refractivity contribution is -0.143. The van der Waals surface area contributed by atoms with Crippen molar-refractivity contribution in [2.75, 3.05) is 13.8 Å². The molecule has 0 aliphatic carbocycles. The number of hydrogen-bond acceptors (Lipinski definition) is 2. The Labute approximate surface area is 127 Å². The van der Waals surface area contributed by atoms with Gasteiger partial charge in [0.15, 0.2) is 0 Å². The van der Waals surface area contributed by atoms with E-state index in [0.29, 0.717) is 6.07 Å². The minimum Gasteiger partial charge on any atom is -0.496 e. The molecular formula is C12H13ClF7NO. The molecule has 22 heavy (non-hydrogen) atoms. The summed E-state index contributed by atoms with van der Waals surface area (Å²) in [5, 5.41) is 0. The summed E-state index contributed by atoms with van der Waals surface area (Å²) in [6, 6.07) is -1.05. The quantitative estimate of drug-likeness (QED) is 0.806. The van der Waals surface area contributed by atoms with Crippen LogP contribution in [0.3, 0.4) is 0 Å². The molecule has 0 unspecified atom stereocenters. The molecule has 0 saturated heterocycles. The zero-order chi connectivity index (χ0) is 16.4. The van der Waals surface area contributed by atoms with Gasteiger partial charge in [-0.3, -0.25) is 4.39 Å². The summed E-state index contributed by atoms with van der Waals surface area (Å²) >= 11 is 0. The van der Waals surface area contributed by atoms with Crippen LogP contribution in [0.1, 0.15) is 29.2 Å². The number of methoxy groups -OCH3 is 1. The summed E-state index contributed by atoms with van der Waals surface area (Å²) < 4.78 is 93.7. The maximum absolute atomic E-state index is 13.0. The minimum absolute atomic E-state index is 0. The Hall–Kier alpha value is -1.22. The second-order valence-corrected chi connectivity index (χ2v) is 4.22. The van der Waals surface area contributed by atoms with Crippen LogP contribution < -0.4 is 10.5 Å². The first-order valence-corrected chi connectivity index (χ1v) is 5.70. The largest absolute Gasteiger partial charge is 0.496 e. The number of hydrogen-bond donors (Lipinski definition) is 1. The Bertz CT molecular complexity index is 501. The van der Waals surface area contributed by atoms with E-state index in [9.17, 15) is 30.7 Å². The van der Waals surface area contributed by atoms with E-state index >= 15 is 0 Å². The van der Waals surface area contributed by atoms with Gasteiger partial charge < -0.3 is 10.5 Å². The van der Waals surface area contributed by atoms with Crippen LogP contribution in [0, 0.1) is 0 Å². The van der Waals surface area contributed by atoms with Crippen LogP contribution in [0.5, 0.6) is 5.75 Å². The lowest BCUT2D eigenvalue weighted by atomic mass is 9.94. The van der Waals surface area contributed by atoms with Gasteiger partial charge in [0.25, 0.3) is 0 Å². The maximum atomic E-state index is 13.0. The third-order valence-corrected chi connectivity index (χ3v) is 2.79. The molecule has 1 rings (SSSR count). The van der Waals surface area contributed by atoms with Crippen LogP contribution >= 0.6 is 12.4 Å². The van der Waals surface area contributed by atoms with Gasteiger partial charge in [0.2, 0.25) is 0 Å². The SMILES string of the molecule is COc1cc(C(F)(F)F)cc(C(F)(F)F)c1[C@H](N)CCF.Cl. The fraction of sp³-hybridized carbons (Fsp3) is 0.500. The predicted molar refractivity (Wildman–Crippen MR) is 67.8 cm³/mol. The highest BCUT2D eigenvalue weighted by Gasteiger charge is 2.41. The molecule has 2 nitrogen and oxygen atoms in total. The van der Waals surface area contributed by atoms with Crippen molar-refractivity contribution < 1.29 is 35.5 Å². The Morgan fingerprint density at radius 3 is 2.00 bits per heavy atom. The molecule has 0 amide bonds. The summed E-state index contributed by atoms with van der Waals surface area (Å²) in [5.74, 6) is -0.668. The molecule has 1 aromatic carbocycles. The number of ether oxygens (including phenoxy) is 1. The van der Waals surface area contributed by atoms with E-state index in [2.05, 4.69) is 4.74 Å². The van der Waals surface area contributed by atoms with Crippen LogP contribution in [-0.4, -0.2) is 13.8 Å². The third kappa shape index (κ3) is 4.64. The van der Waals surface area contributed by atoms with E-state index in [1.165, 1.54) is 0 Å². The lowest BCUT2D eigenvalue weighted by Gasteiger charge is -2.22. The molecule has 10 heteroatoms. The van der Waals surface area contributed by atoms with Gasteiger partial charge in [0.05, 0.1) is 24.9 Å². The summed E-state index contributed by atoms with van der Waals surface area (Å²) in [7, 11) is 0.918. The maximum Gasteiger partial charge on any atom is 0.416 e. The predicted octanol–water partition coefficient (Wildman–Crippen LogP) is 4.51. The molecule has 0 aliphatic rings. The number of rotatable bonds is 4. The van der Waals surface area contributed by atoms with E-state index in [1.54, 1.807) is 0 Å². The monoisotopic (exact) mass is 355 g/mol. The molecule has 128 valence electrons. The number of nitrogens with two attached hydrogens (primary N) is 1. The molecule has 0 spiro atoms. The fourth-order valence-corrected chi connectivity index (χ4v) is 1.84. The molecule has 1 aromatic rings. The van der Waals surface area contributed by atoms with Crippen molar-refractivity contribution in [2.24, 2.45) is 5.73 Å². The van der Waals surface area contributed by atoms with Crippen molar-refractivity contribution in [3.05, 3.63) is 28.8 Å². The van der Waals surface area contributed by atoms with Crippen molar-refractivity contribution in [3.8, 4) is 5.75 Å². The number of alkyl halides is 7. The Kier molecular flexibility index (Phi) is 6.96. The number of benzene rings is 1. The van der Waals surface area contributed by atoms with Gasteiger partial charge in [0, 0.05) is 11.6 Å². The molecule has 0 aromatic heterocycles. The fourth-order valence-electron chi connectivity index (χ4n) is 1.84. The zero-order valence-corrected chi connectivity index (χ0v) is 12.0. The van der Waals surface area contributed by atoms with Crippen LogP contribution in [-0.2, 0) is 12.4 Å². The number of halogens is 8. The standard InChI is InChI=1S/C12H12F7NO.ClH/c1-21-9-5-6(11(14,15)16)4-7(12(17,18)19)10(9)8(20)2-3-13;/h4-5,8H,2-3,20H2,1H3;1H/t8-;/m1./s1. The molecule has 0 heterocycles. The highest BCUT2D eigenvalue weighted by molar-refractivity contribution is 5.85. The van der Waals surface area contributed by atoms with Crippen LogP contribution in [0.25, 0.3) is 0 Å². The van der Waals surface area contributed by atoms with E-state index in [1.807, 2.05) is 0 Å². The second kappa shape index (κ2) is 7.36. The van der Waals surface area contributed by atoms with E-state index < -0.39 is 53.9 Å². The van der Waals surface area contributed by atoms with E-state index in [0.717, 1.165) is 7.11 Å². The normalized spacial score (nSPS) is 13.5.